The third-order valence-electron chi connectivity index (χ3n) is 0.887. The highest BCUT2D eigenvalue weighted by molar-refractivity contribution is 8.07. The zero-order valence-electron chi connectivity index (χ0n) is 5.14. The van der Waals surface area contributed by atoms with Gasteiger partial charge in [0.2, 0.25) is 0 Å². The SMILES string of the molecule is CS(=O)(=O)C1=NS(=O)C=C1. The fourth-order valence-electron chi connectivity index (χ4n) is 0.457. The molecule has 0 bridgehead atoms. The molecular weight excluding hydrogens is 174 g/mol. The molecule has 1 aliphatic heterocycles. The molecule has 0 spiro atoms. The van der Waals surface area contributed by atoms with Crippen molar-refractivity contribution in [2.75, 3.05) is 6.26 Å². The van der Waals surface area contributed by atoms with Gasteiger partial charge in [0.05, 0.1) is 0 Å². The van der Waals surface area contributed by atoms with Gasteiger partial charge in [-0.3, -0.25) is 0 Å². The molecule has 0 saturated carbocycles. The van der Waals surface area contributed by atoms with Crippen LogP contribution in [0.2, 0.25) is 0 Å². The summed E-state index contributed by atoms with van der Waals surface area (Å²) >= 11 is 0. The first-order valence-corrected chi connectivity index (χ1v) is 5.44. The average Bonchev–Trinajstić information content (AvgIpc) is 2.11. The van der Waals surface area contributed by atoms with Crippen LogP contribution in [-0.4, -0.2) is 23.9 Å². The van der Waals surface area contributed by atoms with E-state index in [1.165, 1.54) is 11.5 Å². The first kappa shape index (κ1) is 7.62. The topological polar surface area (TPSA) is 63.6 Å². The van der Waals surface area contributed by atoms with Crippen molar-refractivity contribution < 1.29 is 12.6 Å². The van der Waals surface area contributed by atoms with E-state index in [-0.39, 0.29) is 5.04 Å². The Kier molecular flexibility index (Phi) is 1.74. The second-order valence-electron chi connectivity index (χ2n) is 1.78. The van der Waals surface area contributed by atoms with E-state index < -0.39 is 20.8 Å². The molecule has 0 aromatic heterocycles. The van der Waals surface area contributed by atoms with Gasteiger partial charge in [0.15, 0.2) is 25.9 Å². The maximum absolute atomic E-state index is 10.7. The third-order valence-corrected chi connectivity index (χ3v) is 2.74. The number of hydrogen-bond acceptors (Lipinski definition) is 3. The summed E-state index contributed by atoms with van der Waals surface area (Å²) in [6.45, 7) is 0. The van der Waals surface area contributed by atoms with E-state index in [0.717, 1.165) is 6.26 Å². The molecule has 0 N–H and O–H groups in total. The second kappa shape index (κ2) is 2.28. The van der Waals surface area contributed by atoms with Gasteiger partial charge in [-0.05, 0) is 6.08 Å². The average molecular weight is 179 g/mol. The normalized spacial score (nSPS) is 24.9. The molecule has 0 aromatic carbocycles. The monoisotopic (exact) mass is 179 g/mol. The summed E-state index contributed by atoms with van der Waals surface area (Å²) in [6, 6.07) is 0. The van der Waals surface area contributed by atoms with Crippen LogP contribution in [0, 0.1) is 0 Å². The van der Waals surface area contributed by atoms with Gasteiger partial charge in [0, 0.05) is 11.7 Å². The maximum atomic E-state index is 10.7. The molecule has 0 aromatic rings. The summed E-state index contributed by atoms with van der Waals surface area (Å²) in [6.07, 6.45) is 2.27. The van der Waals surface area contributed by atoms with Gasteiger partial charge in [-0.1, -0.05) is 0 Å². The Labute approximate surface area is 61.2 Å². The van der Waals surface area contributed by atoms with Gasteiger partial charge >= 0.3 is 0 Å². The largest absolute Gasteiger partial charge is 0.230 e. The Bertz CT molecular complexity index is 324. The first-order chi connectivity index (χ1) is 4.50. The molecule has 6 heteroatoms. The molecule has 0 radical (unpaired) electrons. The van der Waals surface area contributed by atoms with Gasteiger partial charge in [-0.2, -0.15) is 4.40 Å². The maximum Gasteiger partial charge on any atom is 0.193 e. The molecule has 1 atom stereocenters. The van der Waals surface area contributed by atoms with E-state index in [2.05, 4.69) is 4.40 Å². The number of sulfone groups is 1. The summed E-state index contributed by atoms with van der Waals surface area (Å²) in [7, 11) is -4.74. The molecule has 0 amide bonds. The molecule has 56 valence electrons. The van der Waals surface area contributed by atoms with Crippen molar-refractivity contribution in [1.82, 2.24) is 0 Å². The van der Waals surface area contributed by atoms with E-state index in [4.69, 9.17) is 0 Å². The molecule has 1 aliphatic rings. The molecule has 0 saturated heterocycles. The van der Waals surface area contributed by atoms with Crippen molar-refractivity contribution in [1.29, 1.82) is 0 Å². The quantitative estimate of drug-likeness (QED) is 0.509. The van der Waals surface area contributed by atoms with Gasteiger partial charge in [0.25, 0.3) is 0 Å². The van der Waals surface area contributed by atoms with Crippen LogP contribution in [0.3, 0.4) is 0 Å². The van der Waals surface area contributed by atoms with Crippen LogP contribution < -0.4 is 0 Å². The summed E-state index contributed by atoms with van der Waals surface area (Å²) in [4.78, 5) is 0. The highest BCUT2D eigenvalue weighted by Gasteiger charge is 2.15. The van der Waals surface area contributed by atoms with Crippen molar-refractivity contribution in [3.05, 3.63) is 11.5 Å². The molecule has 4 nitrogen and oxygen atoms in total. The van der Waals surface area contributed by atoms with Crippen LogP contribution in [0.25, 0.3) is 0 Å². The van der Waals surface area contributed by atoms with Crippen molar-refractivity contribution in [2.24, 2.45) is 4.40 Å². The van der Waals surface area contributed by atoms with Crippen LogP contribution >= 0.6 is 0 Å². The molecule has 1 heterocycles. The first-order valence-electron chi connectivity index (χ1n) is 2.38. The van der Waals surface area contributed by atoms with Crippen LogP contribution in [-0.2, 0) is 20.8 Å². The van der Waals surface area contributed by atoms with E-state index in [9.17, 15) is 12.6 Å². The van der Waals surface area contributed by atoms with Gasteiger partial charge in [0.1, 0.15) is 0 Å². The van der Waals surface area contributed by atoms with Crippen LogP contribution in [0.1, 0.15) is 0 Å². The molecule has 0 fully saturated rings. The fraction of sp³-hybridized carbons (Fsp3) is 0.250. The smallest absolute Gasteiger partial charge is 0.193 e. The van der Waals surface area contributed by atoms with Crippen molar-refractivity contribution in [3.8, 4) is 0 Å². The zero-order chi connectivity index (χ0) is 7.78. The minimum absolute atomic E-state index is 0.106. The minimum atomic E-state index is -3.27. The fourth-order valence-corrected chi connectivity index (χ4v) is 2.16. The van der Waals surface area contributed by atoms with Gasteiger partial charge < -0.3 is 0 Å². The Morgan fingerprint density at radius 1 is 1.60 bits per heavy atom. The Morgan fingerprint density at radius 3 is 2.40 bits per heavy atom. The molecule has 1 rings (SSSR count). The van der Waals surface area contributed by atoms with E-state index in [1.54, 1.807) is 0 Å². The lowest BCUT2D eigenvalue weighted by Crippen LogP contribution is -2.07. The molecular formula is C4H5NO3S2. The van der Waals surface area contributed by atoms with Crippen LogP contribution in [0.5, 0.6) is 0 Å². The number of hydrogen-bond donors (Lipinski definition) is 0. The number of rotatable bonds is 0. The van der Waals surface area contributed by atoms with Crippen molar-refractivity contribution in [2.45, 2.75) is 0 Å². The second-order valence-corrected chi connectivity index (χ2v) is 4.75. The Morgan fingerprint density at radius 2 is 2.20 bits per heavy atom. The predicted molar refractivity (Wildman–Crippen MR) is 39.6 cm³/mol. The summed E-state index contributed by atoms with van der Waals surface area (Å²) in [5.74, 6) is 0. The van der Waals surface area contributed by atoms with Gasteiger partial charge in [-0.25, -0.2) is 12.6 Å². The lowest BCUT2D eigenvalue weighted by molar-refractivity contribution is 0.612. The Hall–Kier alpha value is -0.490. The summed E-state index contributed by atoms with van der Waals surface area (Å²) in [5.41, 5.74) is 0. The highest BCUT2D eigenvalue weighted by Crippen LogP contribution is 2.04. The van der Waals surface area contributed by atoms with E-state index in [1.807, 2.05) is 0 Å². The number of nitrogens with zero attached hydrogens (tertiary/aromatic N) is 1. The van der Waals surface area contributed by atoms with Gasteiger partial charge in [-0.15, -0.1) is 0 Å². The van der Waals surface area contributed by atoms with Crippen molar-refractivity contribution >= 4 is 25.9 Å². The molecule has 1 unspecified atom stereocenters. The highest BCUT2D eigenvalue weighted by atomic mass is 32.2. The summed E-state index contributed by atoms with van der Waals surface area (Å²) < 4.78 is 35.1. The lowest BCUT2D eigenvalue weighted by atomic mass is 10.7. The summed E-state index contributed by atoms with van der Waals surface area (Å²) in [5, 5.41) is 1.13. The van der Waals surface area contributed by atoms with E-state index >= 15 is 0 Å². The van der Waals surface area contributed by atoms with Crippen molar-refractivity contribution in [3.63, 3.8) is 0 Å². The molecule has 0 aliphatic carbocycles. The van der Waals surface area contributed by atoms with E-state index in [0.29, 0.717) is 0 Å². The standard InChI is InChI=1S/C4H5NO3S2/c1-10(7,8)4-2-3-9(6)5-4/h2-3H,1H3. The third kappa shape index (κ3) is 1.51. The zero-order valence-corrected chi connectivity index (χ0v) is 6.78. The Balaban J connectivity index is 3.11. The lowest BCUT2D eigenvalue weighted by Gasteiger charge is -1.87. The van der Waals surface area contributed by atoms with Crippen LogP contribution in [0.15, 0.2) is 15.9 Å². The predicted octanol–water partition coefficient (Wildman–Crippen LogP) is -0.379. The minimum Gasteiger partial charge on any atom is -0.230 e. The van der Waals surface area contributed by atoms with Crippen LogP contribution in [0.4, 0.5) is 0 Å². The molecule has 10 heavy (non-hydrogen) atoms.